The zero-order valence-electron chi connectivity index (χ0n) is 14.9. The van der Waals surface area contributed by atoms with E-state index in [-0.39, 0.29) is 5.91 Å². The van der Waals surface area contributed by atoms with Gasteiger partial charge >= 0.3 is 0 Å². The first-order valence-corrected chi connectivity index (χ1v) is 9.38. The molecule has 1 amide bonds. The van der Waals surface area contributed by atoms with Gasteiger partial charge in [0.05, 0.1) is 0 Å². The Morgan fingerprint density at radius 2 is 1.92 bits per heavy atom. The van der Waals surface area contributed by atoms with Crippen LogP contribution in [0.1, 0.15) is 34.3 Å². The summed E-state index contributed by atoms with van der Waals surface area (Å²) >= 11 is 0. The molecule has 0 unspecified atom stereocenters. The van der Waals surface area contributed by atoms with Crippen molar-refractivity contribution >= 4 is 11.6 Å². The van der Waals surface area contributed by atoms with E-state index in [0.29, 0.717) is 5.92 Å². The third-order valence-corrected chi connectivity index (χ3v) is 5.63. The van der Waals surface area contributed by atoms with Gasteiger partial charge in [0.15, 0.2) is 0 Å². The number of anilines is 1. The third-order valence-electron chi connectivity index (χ3n) is 5.63. The molecular formula is C22H26N2O. The highest BCUT2D eigenvalue weighted by atomic mass is 16.2. The molecule has 0 spiro atoms. The number of aryl methyl sites for hydroxylation is 2. The van der Waals surface area contributed by atoms with Crippen LogP contribution in [0.25, 0.3) is 0 Å². The Morgan fingerprint density at radius 1 is 1.12 bits per heavy atom. The number of nitrogens with zero attached hydrogens (tertiary/aromatic N) is 2. The van der Waals surface area contributed by atoms with E-state index >= 15 is 0 Å². The van der Waals surface area contributed by atoms with Crippen molar-refractivity contribution in [1.82, 2.24) is 4.90 Å². The minimum atomic E-state index is 0.160. The average Bonchev–Trinajstić information content (AvgIpc) is 3.30. The zero-order valence-corrected chi connectivity index (χ0v) is 14.9. The van der Waals surface area contributed by atoms with E-state index in [9.17, 15) is 4.79 Å². The topological polar surface area (TPSA) is 23.6 Å². The molecule has 0 N–H and O–H groups in total. The maximum Gasteiger partial charge on any atom is 0.253 e. The van der Waals surface area contributed by atoms with Gasteiger partial charge in [-0.05, 0) is 67.0 Å². The molecule has 1 fully saturated rings. The molecule has 4 rings (SSSR count). The highest BCUT2D eigenvalue weighted by Crippen LogP contribution is 2.26. The number of hydrogen-bond acceptors (Lipinski definition) is 2. The smallest absolute Gasteiger partial charge is 0.253 e. The average molecular weight is 334 g/mol. The number of carbonyl (C=O) groups excluding carboxylic acids is 1. The predicted molar refractivity (Wildman–Crippen MR) is 102 cm³/mol. The quantitative estimate of drug-likeness (QED) is 0.850. The summed E-state index contributed by atoms with van der Waals surface area (Å²) in [6, 6.07) is 16.8. The van der Waals surface area contributed by atoms with Crippen molar-refractivity contribution in [2.24, 2.45) is 5.92 Å². The minimum Gasteiger partial charge on any atom is -0.371 e. The van der Waals surface area contributed by atoms with E-state index in [0.717, 1.165) is 44.5 Å². The first kappa shape index (κ1) is 16.2. The summed E-state index contributed by atoms with van der Waals surface area (Å²) in [6.45, 7) is 2.95. The van der Waals surface area contributed by atoms with E-state index in [1.54, 1.807) is 0 Å². The van der Waals surface area contributed by atoms with Crippen LogP contribution in [0.15, 0.2) is 48.5 Å². The molecule has 1 atom stereocenters. The highest BCUT2D eigenvalue weighted by molar-refractivity contribution is 5.94. The Bertz CT molecular complexity index is 756. The molecule has 130 valence electrons. The van der Waals surface area contributed by atoms with E-state index in [1.807, 2.05) is 18.0 Å². The number of benzene rings is 2. The van der Waals surface area contributed by atoms with Crippen LogP contribution in [-0.2, 0) is 12.8 Å². The molecule has 0 bridgehead atoms. The van der Waals surface area contributed by atoms with Crippen molar-refractivity contribution in [1.29, 1.82) is 0 Å². The van der Waals surface area contributed by atoms with E-state index in [2.05, 4.69) is 47.4 Å². The molecule has 1 aliphatic carbocycles. The molecule has 2 aromatic carbocycles. The van der Waals surface area contributed by atoms with Gasteiger partial charge in [-0.1, -0.05) is 24.3 Å². The fourth-order valence-electron chi connectivity index (χ4n) is 4.25. The van der Waals surface area contributed by atoms with Crippen LogP contribution < -0.4 is 4.90 Å². The maximum atomic E-state index is 12.8. The normalized spacial score (nSPS) is 19.1. The van der Waals surface area contributed by atoms with Gasteiger partial charge in [0, 0.05) is 37.9 Å². The van der Waals surface area contributed by atoms with Crippen LogP contribution in [-0.4, -0.2) is 37.5 Å². The lowest BCUT2D eigenvalue weighted by molar-refractivity contribution is 0.0776. The van der Waals surface area contributed by atoms with Crippen molar-refractivity contribution in [3.8, 4) is 0 Å². The van der Waals surface area contributed by atoms with Crippen molar-refractivity contribution in [2.75, 3.05) is 31.6 Å². The van der Waals surface area contributed by atoms with Crippen molar-refractivity contribution < 1.29 is 4.79 Å². The van der Waals surface area contributed by atoms with E-state index < -0.39 is 0 Å². The molecule has 3 nitrogen and oxygen atoms in total. The molecule has 25 heavy (non-hydrogen) atoms. The van der Waals surface area contributed by atoms with Crippen LogP contribution in [0.2, 0.25) is 0 Å². The van der Waals surface area contributed by atoms with Crippen LogP contribution in [0.5, 0.6) is 0 Å². The van der Waals surface area contributed by atoms with Gasteiger partial charge < -0.3 is 9.80 Å². The summed E-state index contributed by atoms with van der Waals surface area (Å²) in [5.74, 6) is 0.705. The molecule has 1 saturated heterocycles. The molecule has 1 heterocycles. The third kappa shape index (κ3) is 3.41. The first-order valence-electron chi connectivity index (χ1n) is 9.38. The van der Waals surface area contributed by atoms with Crippen molar-refractivity contribution in [2.45, 2.75) is 25.7 Å². The summed E-state index contributed by atoms with van der Waals surface area (Å²) in [5, 5.41) is 0. The Morgan fingerprint density at radius 3 is 2.76 bits per heavy atom. The number of hydrogen-bond donors (Lipinski definition) is 0. The highest BCUT2D eigenvalue weighted by Gasteiger charge is 2.25. The number of rotatable bonds is 4. The number of carbonyl (C=O) groups is 1. The van der Waals surface area contributed by atoms with Crippen LogP contribution in [0.4, 0.5) is 5.69 Å². The SMILES string of the molecule is CN(C[C@H]1CCN(c2ccccc2)C1)C(=O)c1ccc2c(c1)CCC2. The lowest BCUT2D eigenvalue weighted by atomic mass is 10.0. The van der Waals surface area contributed by atoms with Gasteiger partial charge in [-0.3, -0.25) is 4.79 Å². The summed E-state index contributed by atoms with van der Waals surface area (Å²) in [4.78, 5) is 17.1. The predicted octanol–water partition coefficient (Wildman–Crippen LogP) is 3.77. The fourth-order valence-corrected chi connectivity index (χ4v) is 4.25. The molecule has 1 aliphatic heterocycles. The first-order chi connectivity index (χ1) is 12.2. The number of amides is 1. The standard InChI is InChI=1S/C22H26N2O/c1-23(22(25)20-11-10-18-6-5-7-19(18)14-20)15-17-12-13-24(16-17)21-8-3-2-4-9-21/h2-4,8-11,14,17H,5-7,12-13,15-16H2,1H3/t17-/m1/s1. The second kappa shape index (κ2) is 6.91. The maximum absolute atomic E-state index is 12.8. The Labute approximate surface area is 150 Å². The molecule has 3 heteroatoms. The summed E-state index contributed by atoms with van der Waals surface area (Å²) in [7, 11) is 1.95. The van der Waals surface area contributed by atoms with Crippen molar-refractivity contribution in [3.63, 3.8) is 0 Å². The largest absolute Gasteiger partial charge is 0.371 e. The summed E-state index contributed by atoms with van der Waals surface area (Å²) in [6.07, 6.45) is 4.66. The van der Waals surface area contributed by atoms with Gasteiger partial charge in [-0.2, -0.15) is 0 Å². The molecule has 0 saturated carbocycles. The second-order valence-corrected chi connectivity index (χ2v) is 7.46. The Balaban J connectivity index is 1.37. The number of para-hydroxylation sites is 1. The Hall–Kier alpha value is -2.29. The molecular weight excluding hydrogens is 308 g/mol. The van der Waals surface area contributed by atoms with Crippen LogP contribution in [0, 0.1) is 5.92 Å². The van der Waals surface area contributed by atoms with E-state index in [4.69, 9.17) is 0 Å². The zero-order chi connectivity index (χ0) is 17.2. The monoisotopic (exact) mass is 334 g/mol. The minimum absolute atomic E-state index is 0.160. The molecule has 0 radical (unpaired) electrons. The van der Waals surface area contributed by atoms with Crippen LogP contribution in [0.3, 0.4) is 0 Å². The van der Waals surface area contributed by atoms with Crippen LogP contribution >= 0.6 is 0 Å². The van der Waals surface area contributed by atoms with Gasteiger partial charge in [-0.25, -0.2) is 0 Å². The fraction of sp³-hybridized carbons (Fsp3) is 0.409. The van der Waals surface area contributed by atoms with Gasteiger partial charge in [-0.15, -0.1) is 0 Å². The van der Waals surface area contributed by atoms with Gasteiger partial charge in [0.2, 0.25) is 0 Å². The second-order valence-electron chi connectivity index (χ2n) is 7.46. The molecule has 2 aliphatic rings. The van der Waals surface area contributed by atoms with Gasteiger partial charge in [0.25, 0.3) is 5.91 Å². The molecule has 2 aromatic rings. The lowest BCUT2D eigenvalue weighted by Gasteiger charge is -2.23. The number of fused-ring (bicyclic) bond motifs is 1. The Kier molecular flexibility index (Phi) is 4.48. The van der Waals surface area contributed by atoms with Crippen molar-refractivity contribution in [3.05, 3.63) is 65.2 Å². The summed E-state index contributed by atoms with van der Waals surface area (Å²) in [5.41, 5.74) is 4.93. The molecule has 0 aromatic heterocycles. The van der Waals surface area contributed by atoms with Gasteiger partial charge in [0.1, 0.15) is 0 Å². The summed E-state index contributed by atoms with van der Waals surface area (Å²) < 4.78 is 0. The lowest BCUT2D eigenvalue weighted by Crippen LogP contribution is -2.33. The van der Waals surface area contributed by atoms with E-state index in [1.165, 1.54) is 23.2 Å².